The second-order valence-electron chi connectivity index (χ2n) is 5.63. The van der Waals surface area contributed by atoms with Crippen LogP contribution in [0.1, 0.15) is 35.7 Å². The van der Waals surface area contributed by atoms with Gasteiger partial charge in [0.25, 0.3) is 5.91 Å². The molecule has 2 unspecified atom stereocenters. The summed E-state index contributed by atoms with van der Waals surface area (Å²) >= 11 is 0. The lowest BCUT2D eigenvalue weighted by Crippen LogP contribution is -2.29. The van der Waals surface area contributed by atoms with Crippen molar-refractivity contribution in [3.8, 4) is 11.8 Å². The molecule has 1 N–H and O–H groups in total. The zero-order valence-electron chi connectivity index (χ0n) is 12.4. The van der Waals surface area contributed by atoms with Gasteiger partial charge in [-0.25, -0.2) is 4.39 Å². The Hall–Kier alpha value is -1.86. The molecular formula is C17H20FNO2. The van der Waals surface area contributed by atoms with E-state index in [1.165, 1.54) is 12.1 Å². The van der Waals surface area contributed by atoms with Crippen LogP contribution >= 0.6 is 0 Å². The van der Waals surface area contributed by atoms with E-state index < -0.39 is 5.82 Å². The third-order valence-corrected chi connectivity index (χ3v) is 3.80. The number of benzene rings is 1. The maximum atomic E-state index is 13.9. The standard InChI is InChI=1S/C17H20FNO2/c1-12-9-14(12)11-19(2)17(21)15-10-13(5-3-4-8-20)6-7-16(15)18/h6-7,10,12,14,20H,4,8-9,11H2,1-2H3. The van der Waals surface area contributed by atoms with Gasteiger partial charge < -0.3 is 10.0 Å². The molecule has 1 aliphatic rings. The van der Waals surface area contributed by atoms with Gasteiger partial charge in [0.05, 0.1) is 12.2 Å². The van der Waals surface area contributed by atoms with E-state index in [-0.39, 0.29) is 18.1 Å². The van der Waals surface area contributed by atoms with Gasteiger partial charge >= 0.3 is 0 Å². The molecule has 1 fully saturated rings. The minimum absolute atomic E-state index is 0.0116. The van der Waals surface area contributed by atoms with E-state index in [1.54, 1.807) is 18.0 Å². The Kier molecular flexibility index (Phi) is 4.98. The van der Waals surface area contributed by atoms with Crippen LogP contribution in [0.25, 0.3) is 0 Å². The summed E-state index contributed by atoms with van der Waals surface area (Å²) in [6, 6.07) is 4.29. The normalized spacial score (nSPS) is 19.6. The van der Waals surface area contributed by atoms with Crippen molar-refractivity contribution in [1.29, 1.82) is 0 Å². The van der Waals surface area contributed by atoms with Gasteiger partial charge in [-0.1, -0.05) is 18.8 Å². The van der Waals surface area contributed by atoms with Gasteiger partial charge in [-0.2, -0.15) is 0 Å². The van der Waals surface area contributed by atoms with Crippen LogP contribution in [-0.2, 0) is 0 Å². The number of aliphatic hydroxyl groups excluding tert-OH is 1. The molecule has 3 nitrogen and oxygen atoms in total. The number of nitrogens with zero attached hydrogens (tertiary/aromatic N) is 1. The molecule has 0 saturated heterocycles. The highest BCUT2D eigenvalue weighted by Crippen LogP contribution is 2.38. The Labute approximate surface area is 124 Å². The van der Waals surface area contributed by atoms with Crippen molar-refractivity contribution in [1.82, 2.24) is 4.90 Å². The van der Waals surface area contributed by atoms with Crippen molar-refractivity contribution < 1.29 is 14.3 Å². The average Bonchev–Trinajstić information content (AvgIpc) is 3.15. The number of hydrogen-bond donors (Lipinski definition) is 1. The van der Waals surface area contributed by atoms with E-state index in [1.807, 2.05) is 0 Å². The minimum Gasteiger partial charge on any atom is -0.395 e. The monoisotopic (exact) mass is 289 g/mol. The van der Waals surface area contributed by atoms with Crippen molar-refractivity contribution >= 4 is 5.91 Å². The molecule has 1 aromatic carbocycles. The molecule has 1 aliphatic carbocycles. The Morgan fingerprint density at radius 3 is 2.86 bits per heavy atom. The zero-order chi connectivity index (χ0) is 15.4. The van der Waals surface area contributed by atoms with E-state index in [4.69, 9.17) is 5.11 Å². The molecule has 1 amide bonds. The van der Waals surface area contributed by atoms with Crippen molar-refractivity contribution in [3.05, 3.63) is 35.1 Å². The number of rotatable bonds is 4. The first kappa shape index (κ1) is 15.5. The van der Waals surface area contributed by atoms with E-state index in [9.17, 15) is 9.18 Å². The lowest BCUT2D eigenvalue weighted by molar-refractivity contribution is 0.0782. The highest BCUT2D eigenvalue weighted by Gasteiger charge is 2.34. The summed E-state index contributed by atoms with van der Waals surface area (Å²) in [5.74, 6) is 5.94. The molecule has 21 heavy (non-hydrogen) atoms. The summed E-state index contributed by atoms with van der Waals surface area (Å²) < 4.78 is 13.9. The van der Waals surface area contributed by atoms with Crippen LogP contribution in [0, 0.1) is 29.5 Å². The highest BCUT2D eigenvalue weighted by atomic mass is 19.1. The molecule has 0 radical (unpaired) electrons. The molecule has 0 spiro atoms. The smallest absolute Gasteiger partial charge is 0.256 e. The number of amides is 1. The van der Waals surface area contributed by atoms with Crippen LogP contribution in [0.2, 0.25) is 0 Å². The van der Waals surface area contributed by atoms with Crippen molar-refractivity contribution in [2.75, 3.05) is 20.2 Å². The fraction of sp³-hybridized carbons (Fsp3) is 0.471. The van der Waals surface area contributed by atoms with Crippen LogP contribution in [0.5, 0.6) is 0 Å². The molecule has 0 bridgehead atoms. The Morgan fingerprint density at radius 1 is 1.52 bits per heavy atom. The molecule has 0 heterocycles. The highest BCUT2D eigenvalue weighted by molar-refractivity contribution is 5.94. The molecular weight excluding hydrogens is 269 g/mol. The maximum absolute atomic E-state index is 13.9. The summed E-state index contributed by atoms with van der Waals surface area (Å²) in [7, 11) is 1.71. The number of hydrogen-bond acceptors (Lipinski definition) is 2. The maximum Gasteiger partial charge on any atom is 0.256 e. The predicted octanol–water partition coefficient (Wildman–Crippen LogP) is 2.29. The van der Waals surface area contributed by atoms with Crippen molar-refractivity contribution in [3.63, 3.8) is 0 Å². The van der Waals surface area contributed by atoms with E-state index in [0.29, 0.717) is 30.4 Å². The lowest BCUT2D eigenvalue weighted by atomic mass is 10.1. The number of carbonyl (C=O) groups is 1. The second kappa shape index (κ2) is 6.73. The topological polar surface area (TPSA) is 40.5 Å². The van der Waals surface area contributed by atoms with Crippen LogP contribution in [0.4, 0.5) is 4.39 Å². The molecule has 112 valence electrons. The third kappa shape index (κ3) is 4.05. The largest absolute Gasteiger partial charge is 0.395 e. The van der Waals surface area contributed by atoms with E-state index in [0.717, 1.165) is 6.42 Å². The number of aliphatic hydroxyl groups is 1. The molecule has 2 atom stereocenters. The molecule has 1 aromatic rings. The zero-order valence-corrected chi connectivity index (χ0v) is 12.4. The van der Waals surface area contributed by atoms with Gasteiger partial charge in [-0.05, 0) is 36.5 Å². The van der Waals surface area contributed by atoms with Crippen LogP contribution < -0.4 is 0 Å². The average molecular weight is 289 g/mol. The fourth-order valence-corrected chi connectivity index (χ4v) is 2.28. The molecule has 1 saturated carbocycles. The van der Waals surface area contributed by atoms with Gasteiger partial charge in [0.2, 0.25) is 0 Å². The minimum atomic E-state index is -0.525. The molecule has 0 aromatic heterocycles. The molecule has 4 heteroatoms. The SMILES string of the molecule is CC1CC1CN(C)C(=O)c1cc(C#CCCO)ccc1F. The molecule has 2 rings (SSSR count). The van der Waals surface area contributed by atoms with Crippen LogP contribution in [-0.4, -0.2) is 36.1 Å². The quantitative estimate of drug-likeness (QED) is 0.864. The van der Waals surface area contributed by atoms with Gasteiger partial charge in [-0.3, -0.25) is 4.79 Å². The summed E-state index contributed by atoms with van der Waals surface area (Å²) in [5, 5.41) is 8.69. The number of halogens is 1. The third-order valence-electron chi connectivity index (χ3n) is 3.80. The first-order chi connectivity index (χ1) is 10.0. The van der Waals surface area contributed by atoms with Gasteiger partial charge in [0, 0.05) is 25.6 Å². The van der Waals surface area contributed by atoms with E-state index in [2.05, 4.69) is 18.8 Å². The fourth-order valence-electron chi connectivity index (χ4n) is 2.28. The van der Waals surface area contributed by atoms with Crippen LogP contribution in [0.3, 0.4) is 0 Å². The lowest BCUT2D eigenvalue weighted by Gasteiger charge is -2.17. The van der Waals surface area contributed by atoms with Crippen LogP contribution in [0.15, 0.2) is 18.2 Å². The van der Waals surface area contributed by atoms with Gasteiger partial charge in [0.1, 0.15) is 5.82 Å². The first-order valence-corrected chi connectivity index (χ1v) is 7.17. The predicted molar refractivity (Wildman–Crippen MR) is 79.2 cm³/mol. The summed E-state index contributed by atoms with van der Waals surface area (Å²) in [6.45, 7) is 2.81. The van der Waals surface area contributed by atoms with Gasteiger partial charge in [0.15, 0.2) is 0 Å². The van der Waals surface area contributed by atoms with Crippen molar-refractivity contribution in [2.45, 2.75) is 19.8 Å². The Bertz CT molecular complexity index is 588. The Morgan fingerprint density at radius 2 is 2.24 bits per heavy atom. The summed E-state index contributed by atoms with van der Waals surface area (Å²) in [6.07, 6.45) is 1.49. The van der Waals surface area contributed by atoms with E-state index >= 15 is 0 Å². The summed E-state index contributed by atoms with van der Waals surface area (Å²) in [4.78, 5) is 13.9. The second-order valence-corrected chi connectivity index (χ2v) is 5.63. The first-order valence-electron chi connectivity index (χ1n) is 7.17. The van der Waals surface area contributed by atoms with Gasteiger partial charge in [-0.15, -0.1) is 0 Å². The van der Waals surface area contributed by atoms with Crippen molar-refractivity contribution in [2.24, 2.45) is 11.8 Å². The molecule has 0 aliphatic heterocycles. The Balaban J connectivity index is 2.12. The summed E-state index contributed by atoms with van der Waals surface area (Å²) in [5.41, 5.74) is 0.642. The number of carbonyl (C=O) groups excluding carboxylic acids is 1.